The first-order valence-electron chi connectivity index (χ1n) is 12.5. The number of benzene rings is 4. The maximum atomic E-state index is 13.4. The second-order valence-electron chi connectivity index (χ2n) is 9.63. The van der Waals surface area contributed by atoms with Gasteiger partial charge in [0.25, 0.3) is 5.91 Å². The molecule has 2 unspecified atom stereocenters. The molecule has 9 heteroatoms. The summed E-state index contributed by atoms with van der Waals surface area (Å²) in [5, 5.41) is 14.5. The van der Waals surface area contributed by atoms with Gasteiger partial charge in [0.05, 0.1) is 17.7 Å². The van der Waals surface area contributed by atoms with E-state index in [1.54, 1.807) is 36.4 Å². The zero-order valence-corrected chi connectivity index (χ0v) is 21.7. The number of hydrogen-bond donors (Lipinski definition) is 2. The molecule has 1 heterocycles. The SMILES string of the molecule is O=C(NC(Cc1ccc(C(F)(F)F)cc1)C(O)c1ccc(F)cc1)c1ccc([C@H]2O[C@H]2c2ccc(Cl)cc2)cc1. The molecule has 5 rings (SSSR count). The first-order chi connectivity index (χ1) is 19.1. The third kappa shape index (κ3) is 6.53. The van der Waals surface area contributed by atoms with Crippen LogP contribution in [-0.4, -0.2) is 17.1 Å². The van der Waals surface area contributed by atoms with Crippen molar-refractivity contribution in [2.75, 3.05) is 0 Å². The fourth-order valence-electron chi connectivity index (χ4n) is 4.57. The molecule has 0 saturated carbocycles. The van der Waals surface area contributed by atoms with E-state index in [9.17, 15) is 27.5 Å². The van der Waals surface area contributed by atoms with Gasteiger partial charge in [-0.3, -0.25) is 4.79 Å². The van der Waals surface area contributed by atoms with Gasteiger partial charge in [-0.05, 0) is 77.2 Å². The van der Waals surface area contributed by atoms with Gasteiger partial charge >= 0.3 is 6.18 Å². The Morgan fingerprint density at radius 3 is 1.95 bits per heavy atom. The van der Waals surface area contributed by atoms with Gasteiger partial charge in [-0.2, -0.15) is 13.2 Å². The Hall–Kier alpha value is -3.72. The summed E-state index contributed by atoms with van der Waals surface area (Å²) in [6.45, 7) is 0. The van der Waals surface area contributed by atoms with E-state index in [0.717, 1.165) is 23.3 Å². The van der Waals surface area contributed by atoms with Gasteiger partial charge < -0.3 is 15.2 Å². The highest BCUT2D eigenvalue weighted by Crippen LogP contribution is 2.51. The van der Waals surface area contributed by atoms with Crippen molar-refractivity contribution in [1.29, 1.82) is 0 Å². The van der Waals surface area contributed by atoms with Crippen LogP contribution in [-0.2, 0) is 17.3 Å². The van der Waals surface area contributed by atoms with Gasteiger partial charge in [0, 0.05) is 10.6 Å². The van der Waals surface area contributed by atoms with Crippen LogP contribution < -0.4 is 5.32 Å². The number of epoxide rings is 1. The molecule has 1 aliphatic heterocycles. The molecule has 1 saturated heterocycles. The van der Waals surface area contributed by atoms with Crippen LogP contribution in [0.15, 0.2) is 97.1 Å². The van der Waals surface area contributed by atoms with Crippen LogP contribution in [0.5, 0.6) is 0 Å². The molecular formula is C31H24ClF4NO3. The largest absolute Gasteiger partial charge is 0.416 e. The number of ether oxygens (including phenoxy) is 1. The Morgan fingerprint density at radius 2 is 1.40 bits per heavy atom. The molecule has 40 heavy (non-hydrogen) atoms. The highest BCUT2D eigenvalue weighted by molar-refractivity contribution is 6.30. The topological polar surface area (TPSA) is 61.9 Å². The zero-order chi connectivity index (χ0) is 28.4. The summed E-state index contributed by atoms with van der Waals surface area (Å²) in [4.78, 5) is 13.2. The van der Waals surface area contributed by atoms with Crippen molar-refractivity contribution in [3.05, 3.63) is 141 Å². The van der Waals surface area contributed by atoms with E-state index in [0.29, 0.717) is 21.7 Å². The van der Waals surface area contributed by atoms with E-state index < -0.39 is 35.6 Å². The number of aliphatic hydroxyl groups is 1. The van der Waals surface area contributed by atoms with E-state index in [2.05, 4.69) is 5.32 Å². The number of aliphatic hydroxyl groups excluding tert-OH is 1. The number of amides is 1. The molecule has 1 aliphatic rings. The summed E-state index contributed by atoms with van der Waals surface area (Å²) in [5.41, 5.74) is 2.26. The average molecular weight is 570 g/mol. The highest BCUT2D eigenvalue weighted by Gasteiger charge is 2.41. The Morgan fingerprint density at radius 1 is 0.850 bits per heavy atom. The van der Waals surface area contributed by atoms with Gasteiger partial charge in [0.15, 0.2) is 0 Å². The fourth-order valence-corrected chi connectivity index (χ4v) is 4.69. The van der Waals surface area contributed by atoms with Crippen LogP contribution in [0.4, 0.5) is 17.6 Å². The molecular weight excluding hydrogens is 546 g/mol. The van der Waals surface area contributed by atoms with Crippen LogP contribution in [0.25, 0.3) is 0 Å². The molecule has 206 valence electrons. The Kier molecular flexibility index (Phi) is 7.94. The van der Waals surface area contributed by atoms with Crippen LogP contribution in [0, 0.1) is 5.82 Å². The van der Waals surface area contributed by atoms with Crippen LogP contribution >= 0.6 is 11.6 Å². The van der Waals surface area contributed by atoms with Crippen molar-refractivity contribution in [3.8, 4) is 0 Å². The summed E-state index contributed by atoms with van der Waals surface area (Å²) in [6, 6.07) is 23.0. The van der Waals surface area contributed by atoms with E-state index >= 15 is 0 Å². The van der Waals surface area contributed by atoms with E-state index in [1.807, 2.05) is 12.1 Å². The molecule has 0 aliphatic carbocycles. The monoisotopic (exact) mass is 569 g/mol. The summed E-state index contributed by atoms with van der Waals surface area (Å²) in [6.07, 6.45) is -5.93. The quantitative estimate of drug-likeness (QED) is 0.172. The van der Waals surface area contributed by atoms with E-state index in [4.69, 9.17) is 16.3 Å². The molecule has 0 aromatic heterocycles. The maximum absolute atomic E-state index is 13.4. The number of carbonyl (C=O) groups excluding carboxylic acids is 1. The lowest BCUT2D eigenvalue weighted by Crippen LogP contribution is -2.41. The van der Waals surface area contributed by atoms with Crippen molar-refractivity contribution in [1.82, 2.24) is 5.32 Å². The molecule has 0 bridgehead atoms. The van der Waals surface area contributed by atoms with Crippen LogP contribution in [0.1, 0.15) is 56.5 Å². The first kappa shape index (κ1) is 27.8. The number of rotatable bonds is 8. The lowest BCUT2D eigenvalue weighted by molar-refractivity contribution is -0.137. The number of carbonyl (C=O) groups is 1. The van der Waals surface area contributed by atoms with Crippen molar-refractivity contribution in [3.63, 3.8) is 0 Å². The second-order valence-corrected chi connectivity index (χ2v) is 10.1. The van der Waals surface area contributed by atoms with Crippen molar-refractivity contribution >= 4 is 17.5 Å². The molecule has 1 fully saturated rings. The van der Waals surface area contributed by atoms with Gasteiger partial charge in [0.2, 0.25) is 0 Å². The van der Waals surface area contributed by atoms with Crippen molar-refractivity contribution in [2.24, 2.45) is 0 Å². The Labute approximate surface area is 233 Å². The summed E-state index contributed by atoms with van der Waals surface area (Å²) in [7, 11) is 0. The molecule has 4 aromatic carbocycles. The van der Waals surface area contributed by atoms with Crippen LogP contribution in [0.3, 0.4) is 0 Å². The van der Waals surface area contributed by atoms with Gasteiger partial charge in [-0.25, -0.2) is 4.39 Å². The summed E-state index contributed by atoms with van der Waals surface area (Å²) >= 11 is 5.95. The van der Waals surface area contributed by atoms with Gasteiger partial charge in [-0.1, -0.05) is 60.1 Å². The van der Waals surface area contributed by atoms with Gasteiger partial charge in [-0.15, -0.1) is 0 Å². The predicted molar refractivity (Wildman–Crippen MR) is 142 cm³/mol. The first-order valence-corrected chi connectivity index (χ1v) is 12.9. The number of hydrogen-bond acceptors (Lipinski definition) is 3. The minimum absolute atomic E-state index is 0.0409. The maximum Gasteiger partial charge on any atom is 0.416 e. The molecule has 4 aromatic rings. The molecule has 1 amide bonds. The molecule has 4 atom stereocenters. The minimum Gasteiger partial charge on any atom is -0.386 e. The summed E-state index contributed by atoms with van der Waals surface area (Å²) in [5.74, 6) is -0.965. The minimum atomic E-state index is -4.48. The fraction of sp³-hybridized carbons (Fsp3) is 0.194. The van der Waals surface area contributed by atoms with Gasteiger partial charge in [0.1, 0.15) is 18.0 Å². The Bertz CT molecular complexity index is 1460. The zero-order valence-electron chi connectivity index (χ0n) is 20.9. The van der Waals surface area contributed by atoms with Crippen molar-refractivity contribution < 1.29 is 32.2 Å². The normalized spacial score (nSPS) is 18.1. The molecule has 0 radical (unpaired) electrons. The van der Waals surface area contributed by atoms with E-state index in [-0.39, 0.29) is 18.6 Å². The third-order valence-electron chi connectivity index (χ3n) is 6.84. The highest BCUT2D eigenvalue weighted by atomic mass is 35.5. The molecule has 2 N–H and O–H groups in total. The third-order valence-corrected chi connectivity index (χ3v) is 7.09. The second kappa shape index (κ2) is 11.4. The average Bonchev–Trinajstić information content (AvgIpc) is 3.74. The number of alkyl halides is 3. The van der Waals surface area contributed by atoms with Crippen LogP contribution in [0.2, 0.25) is 5.02 Å². The van der Waals surface area contributed by atoms with Crippen molar-refractivity contribution in [2.45, 2.75) is 37.0 Å². The molecule has 0 spiro atoms. The number of halogens is 5. The number of nitrogens with one attached hydrogen (secondary N) is 1. The van der Waals surface area contributed by atoms with E-state index in [1.165, 1.54) is 36.4 Å². The Balaban J connectivity index is 1.30. The lowest BCUT2D eigenvalue weighted by atomic mass is 9.95. The molecule has 4 nitrogen and oxygen atoms in total. The lowest BCUT2D eigenvalue weighted by Gasteiger charge is -2.25. The standard InChI is InChI=1S/C31H24ClF4NO3/c32-24-13-7-21(8-14-24)29-28(40-29)20-3-5-22(6-4-20)30(39)37-26(27(38)19-9-15-25(33)16-10-19)17-18-1-11-23(12-2-18)31(34,35)36/h1-16,26-29,38H,17H2,(H,37,39)/t26?,27?,28-,29+/m1/s1. The predicted octanol–water partition coefficient (Wildman–Crippen LogP) is 7.39. The smallest absolute Gasteiger partial charge is 0.386 e. The summed E-state index contributed by atoms with van der Waals surface area (Å²) < 4.78 is 58.2.